The van der Waals surface area contributed by atoms with Crippen LogP contribution in [0.25, 0.3) is 0 Å². The Morgan fingerprint density at radius 3 is 2.60 bits per heavy atom. The van der Waals surface area contributed by atoms with E-state index >= 15 is 0 Å². The standard InChI is InChI=1S/C16H17N3O/c1-12-16(13(2)20-18-12)11-19-10-15(9-17-19)8-14-6-4-3-5-7-14/h3-7,9-10H,8,11H2,1-2H3. The van der Waals surface area contributed by atoms with Crippen molar-refractivity contribution in [1.29, 1.82) is 0 Å². The Hall–Kier alpha value is -2.36. The van der Waals surface area contributed by atoms with Crippen LogP contribution in [0, 0.1) is 13.8 Å². The maximum absolute atomic E-state index is 5.18. The first-order chi connectivity index (χ1) is 9.72. The lowest BCUT2D eigenvalue weighted by atomic mass is 10.1. The molecule has 2 heterocycles. The van der Waals surface area contributed by atoms with Gasteiger partial charge >= 0.3 is 0 Å². The first-order valence-corrected chi connectivity index (χ1v) is 6.69. The Kier molecular flexibility index (Phi) is 3.37. The minimum absolute atomic E-state index is 0.704. The van der Waals surface area contributed by atoms with Crippen molar-refractivity contribution in [2.45, 2.75) is 26.8 Å². The van der Waals surface area contributed by atoms with Crippen molar-refractivity contribution in [3.05, 3.63) is 70.9 Å². The molecule has 0 radical (unpaired) electrons. The van der Waals surface area contributed by atoms with Gasteiger partial charge in [0.15, 0.2) is 0 Å². The number of aryl methyl sites for hydroxylation is 2. The second-order valence-corrected chi connectivity index (χ2v) is 5.01. The Bertz CT molecular complexity index is 678. The van der Waals surface area contributed by atoms with Gasteiger partial charge in [-0.25, -0.2) is 0 Å². The zero-order valence-corrected chi connectivity index (χ0v) is 11.7. The zero-order chi connectivity index (χ0) is 13.9. The highest BCUT2D eigenvalue weighted by Gasteiger charge is 2.10. The van der Waals surface area contributed by atoms with Gasteiger partial charge in [0.1, 0.15) is 5.76 Å². The Balaban J connectivity index is 1.74. The largest absolute Gasteiger partial charge is 0.361 e. The summed E-state index contributed by atoms with van der Waals surface area (Å²) in [6.45, 7) is 4.60. The summed E-state index contributed by atoms with van der Waals surface area (Å²) in [4.78, 5) is 0. The van der Waals surface area contributed by atoms with Crippen molar-refractivity contribution in [2.75, 3.05) is 0 Å². The van der Waals surface area contributed by atoms with Crippen molar-refractivity contribution >= 4 is 0 Å². The second kappa shape index (κ2) is 5.33. The molecule has 4 nitrogen and oxygen atoms in total. The summed E-state index contributed by atoms with van der Waals surface area (Å²) in [6, 6.07) is 10.4. The van der Waals surface area contributed by atoms with Crippen molar-refractivity contribution in [1.82, 2.24) is 14.9 Å². The first-order valence-electron chi connectivity index (χ1n) is 6.69. The molecule has 0 fully saturated rings. The van der Waals surface area contributed by atoms with Crippen LogP contribution in [-0.2, 0) is 13.0 Å². The third-order valence-electron chi connectivity index (χ3n) is 3.44. The van der Waals surface area contributed by atoms with E-state index in [9.17, 15) is 0 Å². The van der Waals surface area contributed by atoms with Gasteiger partial charge in [0.2, 0.25) is 0 Å². The van der Waals surface area contributed by atoms with Crippen molar-refractivity contribution in [2.24, 2.45) is 0 Å². The van der Waals surface area contributed by atoms with Crippen LogP contribution in [0.3, 0.4) is 0 Å². The number of nitrogens with zero attached hydrogens (tertiary/aromatic N) is 3. The minimum atomic E-state index is 0.704. The second-order valence-electron chi connectivity index (χ2n) is 5.01. The van der Waals surface area contributed by atoms with Crippen LogP contribution in [-0.4, -0.2) is 14.9 Å². The van der Waals surface area contributed by atoms with Crippen LogP contribution >= 0.6 is 0 Å². The molecule has 0 aliphatic rings. The first kappa shape index (κ1) is 12.7. The van der Waals surface area contributed by atoms with Crippen LogP contribution in [0.1, 0.15) is 28.1 Å². The lowest BCUT2D eigenvalue weighted by Gasteiger charge is -2.00. The number of hydrogen-bond acceptors (Lipinski definition) is 3. The van der Waals surface area contributed by atoms with Crippen molar-refractivity contribution in [3.8, 4) is 0 Å². The topological polar surface area (TPSA) is 43.9 Å². The van der Waals surface area contributed by atoms with Gasteiger partial charge in [0, 0.05) is 18.2 Å². The fraction of sp³-hybridized carbons (Fsp3) is 0.250. The van der Waals surface area contributed by atoms with Crippen LogP contribution in [0.4, 0.5) is 0 Å². The minimum Gasteiger partial charge on any atom is -0.361 e. The molecule has 2 aromatic heterocycles. The van der Waals surface area contributed by atoms with Gasteiger partial charge in [-0.2, -0.15) is 5.10 Å². The Morgan fingerprint density at radius 1 is 1.10 bits per heavy atom. The van der Waals surface area contributed by atoms with Gasteiger partial charge in [0.05, 0.1) is 18.4 Å². The Morgan fingerprint density at radius 2 is 1.90 bits per heavy atom. The van der Waals surface area contributed by atoms with E-state index < -0.39 is 0 Å². The molecule has 0 spiro atoms. The third kappa shape index (κ3) is 2.64. The molecule has 0 bridgehead atoms. The van der Waals surface area contributed by atoms with E-state index in [1.807, 2.05) is 30.8 Å². The molecule has 0 N–H and O–H groups in total. The molecular weight excluding hydrogens is 250 g/mol. The molecule has 0 atom stereocenters. The summed E-state index contributed by atoms with van der Waals surface area (Å²) in [5.74, 6) is 0.864. The summed E-state index contributed by atoms with van der Waals surface area (Å²) in [5, 5.41) is 8.39. The van der Waals surface area contributed by atoms with E-state index in [0.717, 1.165) is 23.4 Å². The molecule has 0 saturated heterocycles. The van der Waals surface area contributed by atoms with Crippen molar-refractivity contribution in [3.63, 3.8) is 0 Å². The van der Waals surface area contributed by atoms with Crippen LogP contribution in [0.2, 0.25) is 0 Å². The molecular formula is C16H17N3O. The van der Waals surface area contributed by atoms with E-state index in [0.29, 0.717) is 6.54 Å². The van der Waals surface area contributed by atoms with E-state index in [-0.39, 0.29) is 0 Å². The normalized spacial score (nSPS) is 10.9. The number of hydrogen-bond donors (Lipinski definition) is 0. The van der Waals surface area contributed by atoms with E-state index in [2.05, 4.69) is 40.7 Å². The quantitative estimate of drug-likeness (QED) is 0.729. The van der Waals surface area contributed by atoms with Crippen LogP contribution in [0.5, 0.6) is 0 Å². The third-order valence-corrected chi connectivity index (χ3v) is 3.44. The molecule has 20 heavy (non-hydrogen) atoms. The van der Waals surface area contributed by atoms with Gasteiger partial charge < -0.3 is 4.52 Å². The average Bonchev–Trinajstić information content (AvgIpc) is 3.02. The lowest BCUT2D eigenvalue weighted by molar-refractivity contribution is 0.391. The van der Waals surface area contributed by atoms with E-state index in [1.165, 1.54) is 11.1 Å². The number of benzene rings is 1. The average molecular weight is 267 g/mol. The zero-order valence-electron chi connectivity index (χ0n) is 11.7. The SMILES string of the molecule is Cc1noc(C)c1Cn1cc(Cc2ccccc2)cn1. The van der Waals surface area contributed by atoms with Gasteiger partial charge in [-0.1, -0.05) is 35.5 Å². The van der Waals surface area contributed by atoms with Gasteiger partial charge in [-0.3, -0.25) is 4.68 Å². The van der Waals surface area contributed by atoms with E-state index in [1.54, 1.807) is 0 Å². The molecule has 3 aromatic rings. The van der Waals surface area contributed by atoms with Gasteiger partial charge in [-0.05, 0) is 25.0 Å². The molecule has 0 saturated carbocycles. The molecule has 0 unspecified atom stereocenters. The van der Waals surface area contributed by atoms with Crippen LogP contribution in [0.15, 0.2) is 47.2 Å². The molecule has 0 aliphatic carbocycles. The summed E-state index contributed by atoms with van der Waals surface area (Å²) >= 11 is 0. The summed E-state index contributed by atoms with van der Waals surface area (Å²) in [5.41, 5.74) is 4.55. The number of rotatable bonds is 4. The van der Waals surface area contributed by atoms with Crippen LogP contribution < -0.4 is 0 Å². The summed E-state index contributed by atoms with van der Waals surface area (Å²) < 4.78 is 7.11. The highest BCUT2D eigenvalue weighted by Crippen LogP contribution is 2.14. The molecule has 102 valence electrons. The predicted molar refractivity (Wildman–Crippen MR) is 76.6 cm³/mol. The lowest BCUT2D eigenvalue weighted by Crippen LogP contribution is -2.01. The fourth-order valence-corrected chi connectivity index (χ4v) is 2.31. The maximum atomic E-state index is 5.18. The predicted octanol–water partition coefficient (Wildman–Crippen LogP) is 3.13. The number of aromatic nitrogens is 3. The smallest absolute Gasteiger partial charge is 0.138 e. The molecule has 0 aliphatic heterocycles. The molecule has 4 heteroatoms. The molecule has 3 rings (SSSR count). The maximum Gasteiger partial charge on any atom is 0.138 e. The highest BCUT2D eigenvalue weighted by atomic mass is 16.5. The molecule has 0 amide bonds. The summed E-state index contributed by atoms with van der Waals surface area (Å²) in [7, 11) is 0. The Labute approximate surface area is 118 Å². The van der Waals surface area contributed by atoms with Gasteiger partial charge in [-0.15, -0.1) is 0 Å². The monoisotopic (exact) mass is 267 g/mol. The van der Waals surface area contributed by atoms with Crippen molar-refractivity contribution < 1.29 is 4.52 Å². The van der Waals surface area contributed by atoms with E-state index in [4.69, 9.17) is 4.52 Å². The highest BCUT2D eigenvalue weighted by molar-refractivity contribution is 5.24. The van der Waals surface area contributed by atoms with Gasteiger partial charge in [0.25, 0.3) is 0 Å². The molecule has 1 aromatic carbocycles. The summed E-state index contributed by atoms with van der Waals surface area (Å²) in [6.07, 6.45) is 4.91. The fourth-order valence-electron chi connectivity index (χ4n) is 2.31.